The SMILES string of the molecule is CC(C)CC(NC(=O)c1ccc(Cl)cc1)C(=O)NCC(=O)N1CCCC1. The average Bonchev–Trinajstić information content (AvgIpc) is 3.13. The van der Waals surface area contributed by atoms with Crippen LogP contribution in [0.5, 0.6) is 0 Å². The molecule has 1 saturated heterocycles. The summed E-state index contributed by atoms with van der Waals surface area (Å²) in [6, 6.07) is 5.79. The van der Waals surface area contributed by atoms with Crippen LogP contribution in [-0.4, -0.2) is 48.3 Å². The second kappa shape index (κ2) is 9.57. The number of nitrogens with zero attached hydrogens (tertiary/aromatic N) is 1. The molecule has 142 valence electrons. The molecular formula is C19H26ClN3O3. The molecule has 7 heteroatoms. The Morgan fingerprint density at radius 2 is 1.73 bits per heavy atom. The van der Waals surface area contributed by atoms with E-state index in [1.807, 2.05) is 13.8 Å². The highest BCUT2D eigenvalue weighted by Crippen LogP contribution is 2.11. The fraction of sp³-hybridized carbons (Fsp3) is 0.526. The Balaban J connectivity index is 1.94. The lowest BCUT2D eigenvalue weighted by atomic mass is 10.0. The minimum atomic E-state index is -0.690. The maximum atomic E-state index is 12.5. The predicted molar refractivity (Wildman–Crippen MR) is 101 cm³/mol. The number of hydrogen-bond acceptors (Lipinski definition) is 3. The first-order valence-electron chi connectivity index (χ1n) is 8.98. The second-order valence-electron chi connectivity index (χ2n) is 6.97. The maximum absolute atomic E-state index is 12.5. The summed E-state index contributed by atoms with van der Waals surface area (Å²) >= 11 is 5.83. The highest BCUT2D eigenvalue weighted by atomic mass is 35.5. The largest absolute Gasteiger partial charge is 0.345 e. The lowest BCUT2D eigenvalue weighted by Gasteiger charge is -2.21. The van der Waals surface area contributed by atoms with Gasteiger partial charge in [0.25, 0.3) is 5.91 Å². The van der Waals surface area contributed by atoms with Crippen molar-refractivity contribution in [3.63, 3.8) is 0 Å². The minimum absolute atomic E-state index is 0.0375. The number of nitrogens with one attached hydrogen (secondary N) is 2. The van der Waals surface area contributed by atoms with Crippen LogP contribution in [0, 0.1) is 5.92 Å². The van der Waals surface area contributed by atoms with Gasteiger partial charge in [-0.15, -0.1) is 0 Å². The van der Waals surface area contributed by atoms with Crippen molar-refractivity contribution in [3.8, 4) is 0 Å². The van der Waals surface area contributed by atoms with Gasteiger partial charge >= 0.3 is 0 Å². The molecule has 1 aromatic carbocycles. The summed E-state index contributed by atoms with van der Waals surface area (Å²) in [6.45, 7) is 5.41. The van der Waals surface area contributed by atoms with E-state index >= 15 is 0 Å². The van der Waals surface area contributed by atoms with Gasteiger partial charge < -0.3 is 15.5 Å². The van der Waals surface area contributed by atoms with Crippen LogP contribution in [0.1, 0.15) is 43.5 Å². The summed E-state index contributed by atoms with van der Waals surface area (Å²) in [5.74, 6) is -0.546. The molecule has 1 fully saturated rings. The quantitative estimate of drug-likeness (QED) is 0.762. The minimum Gasteiger partial charge on any atom is -0.345 e. The fourth-order valence-corrected chi connectivity index (χ4v) is 3.04. The van der Waals surface area contributed by atoms with E-state index < -0.39 is 6.04 Å². The third-order valence-electron chi connectivity index (χ3n) is 4.31. The lowest BCUT2D eigenvalue weighted by molar-refractivity contribution is -0.132. The molecule has 0 aliphatic carbocycles. The molecular weight excluding hydrogens is 354 g/mol. The van der Waals surface area contributed by atoms with Crippen LogP contribution in [0.3, 0.4) is 0 Å². The van der Waals surface area contributed by atoms with Gasteiger partial charge in [0.05, 0.1) is 6.54 Å². The number of likely N-dealkylation sites (tertiary alicyclic amines) is 1. The normalized spacial score (nSPS) is 15.0. The van der Waals surface area contributed by atoms with Gasteiger partial charge in [0.15, 0.2) is 0 Å². The maximum Gasteiger partial charge on any atom is 0.251 e. The zero-order valence-corrected chi connectivity index (χ0v) is 16.0. The first kappa shape index (κ1) is 20.2. The van der Waals surface area contributed by atoms with E-state index in [4.69, 9.17) is 11.6 Å². The Bertz CT molecular complexity index is 640. The van der Waals surface area contributed by atoms with Gasteiger partial charge in [-0.25, -0.2) is 0 Å². The van der Waals surface area contributed by atoms with Crippen molar-refractivity contribution in [2.24, 2.45) is 5.92 Å². The molecule has 6 nitrogen and oxygen atoms in total. The Kier molecular flexibility index (Phi) is 7.45. The Labute approximate surface area is 159 Å². The summed E-state index contributed by atoms with van der Waals surface area (Å²) < 4.78 is 0. The van der Waals surface area contributed by atoms with Gasteiger partial charge in [0, 0.05) is 23.7 Å². The van der Waals surface area contributed by atoms with E-state index in [0.717, 1.165) is 25.9 Å². The van der Waals surface area contributed by atoms with E-state index in [0.29, 0.717) is 17.0 Å². The van der Waals surface area contributed by atoms with Gasteiger partial charge in [0.2, 0.25) is 11.8 Å². The van der Waals surface area contributed by atoms with Crippen molar-refractivity contribution < 1.29 is 14.4 Å². The molecule has 2 rings (SSSR count). The third-order valence-corrected chi connectivity index (χ3v) is 4.56. The molecule has 1 aromatic rings. The Morgan fingerprint density at radius 1 is 1.12 bits per heavy atom. The number of carbonyl (C=O) groups is 3. The van der Waals surface area contributed by atoms with Crippen LogP contribution in [0.15, 0.2) is 24.3 Å². The smallest absolute Gasteiger partial charge is 0.251 e. The Hall–Kier alpha value is -2.08. The van der Waals surface area contributed by atoms with E-state index in [1.165, 1.54) is 0 Å². The molecule has 1 aliphatic rings. The number of rotatable bonds is 7. The van der Waals surface area contributed by atoms with Gasteiger partial charge in [-0.3, -0.25) is 14.4 Å². The summed E-state index contributed by atoms with van der Waals surface area (Å²) in [4.78, 5) is 38.7. The Morgan fingerprint density at radius 3 is 2.31 bits per heavy atom. The number of halogens is 1. The van der Waals surface area contributed by atoms with Gasteiger partial charge in [-0.05, 0) is 49.4 Å². The molecule has 0 spiro atoms. The topological polar surface area (TPSA) is 78.5 Å². The molecule has 3 amide bonds. The van der Waals surface area contributed by atoms with Crippen LogP contribution in [0.4, 0.5) is 0 Å². The van der Waals surface area contributed by atoms with Crippen molar-refractivity contribution in [3.05, 3.63) is 34.9 Å². The fourth-order valence-electron chi connectivity index (χ4n) is 2.91. The zero-order chi connectivity index (χ0) is 19.1. The number of benzene rings is 1. The molecule has 1 atom stereocenters. The van der Waals surface area contributed by atoms with Crippen LogP contribution in [0.2, 0.25) is 5.02 Å². The molecule has 0 aromatic heterocycles. The highest BCUT2D eigenvalue weighted by Gasteiger charge is 2.24. The molecule has 1 unspecified atom stereocenters. The van der Waals surface area contributed by atoms with E-state index in [1.54, 1.807) is 29.2 Å². The van der Waals surface area contributed by atoms with E-state index in [-0.39, 0.29) is 30.2 Å². The molecule has 0 radical (unpaired) electrons. The third kappa shape index (κ3) is 6.02. The monoisotopic (exact) mass is 379 g/mol. The van der Waals surface area contributed by atoms with Gasteiger partial charge in [-0.2, -0.15) is 0 Å². The first-order chi connectivity index (χ1) is 12.4. The van der Waals surface area contributed by atoms with Crippen LogP contribution >= 0.6 is 11.6 Å². The van der Waals surface area contributed by atoms with Crippen LogP contribution < -0.4 is 10.6 Å². The molecule has 0 saturated carbocycles. The molecule has 0 bridgehead atoms. The van der Waals surface area contributed by atoms with E-state index in [9.17, 15) is 14.4 Å². The van der Waals surface area contributed by atoms with Gasteiger partial charge in [-0.1, -0.05) is 25.4 Å². The standard InChI is InChI=1S/C19H26ClN3O3/c1-13(2)11-16(22-18(25)14-5-7-15(20)8-6-14)19(26)21-12-17(24)23-9-3-4-10-23/h5-8,13,16H,3-4,9-12H2,1-2H3,(H,21,26)(H,22,25). The average molecular weight is 380 g/mol. The summed E-state index contributed by atoms with van der Waals surface area (Å²) in [5, 5.41) is 5.96. The number of amides is 3. The summed E-state index contributed by atoms with van der Waals surface area (Å²) in [5.41, 5.74) is 0.434. The predicted octanol–water partition coefficient (Wildman–Crippen LogP) is 2.22. The number of carbonyl (C=O) groups excluding carboxylic acids is 3. The van der Waals surface area contributed by atoms with Crippen molar-refractivity contribution >= 4 is 29.3 Å². The molecule has 1 aliphatic heterocycles. The van der Waals surface area contributed by atoms with Crippen LogP contribution in [-0.2, 0) is 9.59 Å². The van der Waals surface area contributed by atoms with E-state index in [2.05, 4.69) is 10.6 Å². The molecule has 1 heterocycles. The summed E-state index contributed by atoms with van der Waals surface area (Å²) in [6.07, 6.45) is 2.50. The molecule has 2 N–H and O–H groups in total. The number of hydrogen-bond donors (Lipinski definition) is 2. The van der Waals surface area contributed by atoms with Crippen molar-refractivity contribution in [2.75, 3.05) is 19.6 Å². The zero-order valence-electron chi connectivity index (χ0n) is 15.3. The highest BCUT2D eigenvalue weighted by molar-refractivity contribution is 6.30. The lowest BCUT2D eigenvalue weighted by Crippen LogP contribution is -2.49. The first-order valence-corrected chi connectivity index (χ1v) is 9.36. The van der Waals surface area contributed by atoms with Crippen molar-refractivity contribution in [1.29, 1.82) is 0 Å². The van der Waals surface area contributed by atoms with Crippen molar-refractivity contribution in [2.45, 2.75) is 39.2 Å². The van der Waals surface area contributed by atoms with Crippen LogP contribution in [0.25, 0.3) is 0 Å². The van der Waals surface area contributed by atoms with Crippen molar-refractivity contribution in [1.82, 2.24) is 15.5 Å². The summed E-state index contributed by atoms with van der Waals surface area (Å²) in [7, 11) is 0. The van der Waals surface area contributed by atoms with Gasteiger partial charge in [0.1, 0.15) is 6.04 Å². The molecule has 26 heavy (non-hydrogen) atoms. The second-order valence-corrected chi connectivity index (χ2v) is 7.40.